The molecular weight excluding hydrogens is 374 g/mol. The van der Waals surface area contributed by atoms with Gasteiger partial charge in [-0.15, -0.1) is 0 Å². The number of carbonyl (C=O) groups is 1. The molecule has 0 aromatic heterocycles. The van der Waals surface area contributed by atoms with E-state index in [4.69, 9.17) is 4.74 Å². The number of phenols is 1. The molecule has 0 fully saturated rings. The molecule has 0 amide bonds. The highest BCUT2D eigenvalue weighted by molar-refractivity contribution is 8.18. The molecule has 2 aromatic carbocycles. The zero-order valence-electron chi connectivity index (χ0n) is 15.9. The third kappa shape index (κ3) is 4.28. The van der Waals surface area contributed by atoms with Crippen molar-refractivity contribution in [3.05, 3.63) is 75.4 Å². The van der Waals surface area contributed by atoms with E-state index in [0.29, 0.717) is 15.6 Å². The number of phenolic OH excluding ortho intramolecular Hbond substituents is 1. The number of ether oxygens (including phenoxy) is 1. The second-order valence-electron chi connectivity index (χ2n) is 6.35. The molecule has 28 heavy (non-hydrogen) atoms. The predicted octanol–water partition coefficient (Wildman–Crippen LogP) is 5.20. The van der Waals surface area contributed by atoms with E-state index in [1.54, 1.807) is 38.1 Å². The minimum atomic E-state index is -0.608. The SMILES string of the molecule is CCOC(=O)C1=C(O)/C(=C\c2ccc(O)c(C)c2)SC1=Nc1ccc(C)cc1. The lowest BCUT2D eigenvalue weighted by Gasteiger charge is -2.04. The lowest BCUT2D eigenvalue weighted by molar-refractivity contribution is -0.138. The number of aryl methyl sites for hydroxylation is 2. The Morgan fingerprint density at radius 3 is 2.50 bits per heavy atom. The Labute approximate surface area is 168 Å². The largest absolute Gasteiger partial charge is 0.508 e. The number of nitrogens with zero attached hydrogens (tertiary/aromatic N) is 1. The third-order valence-corrected chi connectivity index (χ3v) is 5.17. The molecule has 1 aliphatic rings. The van der Waals surface area contributed by atoms with Crippen LogP contribution in [0.3, 0.4) is 0 Å². The van der Waals surface area contributed by atoms with Gasteiger partial charge in [0.25, 0.3) is 0 Å². The Balaban J connectivity index is 2.04. The zero-order valence-corrected chi connectivity index (χ0v) is 16.7. The number of hydrogen-bond acceptors (Lipinski definition) is 6. The van der Waals surface area contributed by atoms with Crippen molar-refractivity contribution < 1.29 is 19.7 Å². The first-order valence-electron chi connectivity index (χ1n) is 8.84. The Morgan fingerprint density at radius 1 is 1.14 bits per heavy atom. The van der Waals surface area contributed by atoms with E-state index in [0.717, 1.165) is 16.7 Å². The lowest BCUT2D eigenvalue weighted by Crippen LogP contribution is -2.12. The van der Waals surface area contributed by atoms with E-state index < -0.39 is 5.97 Å². The molecule has 1 aliphatic heterocycles. The summed E-state index contributed by atoms with van der Waals surface area (Å²) < 4.78 is 5.11. The highest BCUT2D eigenvalue weighted by Crippen LogP contribution is 2.40. The summed E-state index contributed by atoms with van der Waals surface area (Å²) in [5, 5.41) is 20.8. The maximum absolute atomic E-state index is 12.4. The number of aromatic hydroxyl groups is 1. The first kappa shape index (κ1) is 19.8. The number of hydrogen-bond donors (Lipinski definition) is 2. The molecular formula is C22H21NO4S. The minimum Gasteiger partial charge on any atom is -0.508 e. The van der Waals surface area contributed by atoms with Crippen LogP contribution >= 0.6 is 11.8 Å². The van der Waals surface area contributed by atoms with Gasteiger partial charge in [0.1, 0.15) is 22.1 Å². The third-order valence-electron chi connectivity index (χ3n) is 4.15. The summed E-state index contributed by atoms with van der Waals surface area (Å²) in [6, 6.07) is 12.7. The van der Waals surface area contributed by atoms with Gasteiger partial charge in [-0.05, 0) is 62.2 Å². The molecule has 0 saturated heterocycles. The minimum absolute atomic E-state index is 0.0641. The second-order valence-corrected chi connectivity index (χ2v) is 7.38. The molecule has 0 radical (unpaired) electrons. The standard InChI is InChI=1S/C22H21NO4S/c1-4-27-22(26)19-20(25)18(12-15-7-10-17(24)14(3)11-15)28-21(19)23-16-8-5-13(2)6-9-16/h5-12,24-25H,4H2,1-3H3/b18-12+,23-21?. The molecule has 6 heteroatoms. The topological polar surface area (TPSA) is 79.1 Å². The molecule has 0 bridgehead atoms. The summed E-state index contributed by atoms with van der Waals surface area (Å²) in [5.74, 6) is -0.557. The number of aliphatic hydroxyl groups is 1. The van der Waals surface area contributed by atoms with Crippen LogP contribution in [0.5, 0.6) is 5.75 Å². The molecule has 0 aliphatic carbocycles. The van der Waals surface area contributed by atoms with Gasteiger partial charge in [0, 0.05) is 0 Å². The van der Waals surface area contributed by atoms with Gasteiger partial charge in [0.15, 0.2) is 0 Å². The van der Waals surface area contributed by atoms with Crippen molar-refractivity contribution in [1.29, 1.82) is 0 Å². The quantitative estimate of drug-likeness (QED) is 0.696. The highest BCUT2D eigenvalue weighted by atomic mass is 32.2. The van der Waals surface area contributed by atoms with E-state index in [9.17, 15) is 15.0 Å². The molecule has 1 heterocycles. The van der Waals surface area contributed by atoms with Gasteiger partial charge in [0.2, 0.25) is 0 Å². The molecule has 3 rings (SSSR count). The number of carbonyl (C=O) groups excluding carboxylic acids is 1. The van der Waals surface area contributed by atoms with Crippen molar-refractivity contribution >= 4 is 34.5 Å². The molecule has 5 nitrogen and oxygen atoms in total. The number of esters is 1. The van der Waals surface area contributed by atoms with E-state index in [2.05, 4.69) is 4.99 Å². The van der Waals surface area contributed by atoms with Crippen LogP contribution in [0.1, 0.15) is 23.6 Å². The highest BCUT2D eigenvalue weighted by Gasteiger charge is 2.33. The van der Waals surface area contributed by atoms with Crippen molar-refractivity contribution in [2.75, 3.05) is 6.61 Å². The van der Waals surface area contributed by atoms with Gasteiger partial charge < -0.3 is 14.9 Å². The Hall–Kier alpha value is -2.99. The Morgan fingerprint density at radius 2 is 1.86 bits per heavy atom. The maximum atomic E-state index is 12.4. The number of benzene rings is 2. The number of thioether (sulfide) groups is 1. The number of rotatable bonds is 4. The zero-order chi connectivity index (χ0) is 20.3. The number of aliphatic hydroxyl groups excluding tert-OH is 1. The van der Waals surface area contributed by atoms with Gasteiger partial charge in [0.05, 0.1) is 17.2 Å². The fourth-order valence-electron chi connectivity index (χ4n) is 2.65. The van der Waals surface area contributed by atoms with Gasteiger partial charge in [-0.3, -0.25) is 0 Å². The smallest absolute Gasteiger partial charge is 0.344 e. The van der Waals surface area contributed by atoms with Crippen molar-refractivity contribution in [1.82, 2.24) is 0 Å². The monoisotopic (exact) mass is 395 g/mol. The van der Waals surface area contributed by atoms with E-state index in [-0.39, 0.29) is 23.7 Å². The van der Waals surface area contributed by atoms with Crippen LogP contribution in [0.25, 0.3) is 6.08 Å². The first-order valence-corrected chi connectivity index (χ1v) is 9.66. The van der Waals surface area contributed by atoms with E-state index >= 15 is 0 Å². The lowest BCUT2D eigenvalue weighted by atomic mass is 10.1. The van der Waals surface area contributed by atoms with Crippen LogP contribution in [0.15, 0.2) is 63.7 Å². The Kier molecular flexibility index (Phi) is 5.90. The molecule has 0 atom stereocenters. The van der Waals surface area contributed by atoms with Crippen molar-refractivity contribution in [3.63, 3.8) is 0 Å². The predicted molar refractivity (Wildman–Crippen MR) is 113 cm³/mol. The summed E-state index contributed by atoms with van der Waals surface area (Å²) >= 11 is 1.21. The summed E-state index contributed by atoms with van der Waals surface area (Å²) in [4.78, 5) is 17.4. The van der Waals surface area contributed by atoms with Gasteiger partial charge >= 0.3 is 5.97 Å². The fraction of sp³-hybridized carbons (Fsp3) is 0.182. The average Bonchev–Trinajstić information content (AvgIpc) is 2.95. The van der Waals surface area contributed by atoms with Crippen molar-refractivity contribution in [2.24, 2.45) is 4.99 Å². The van der Waals surface area contributed by atoms with Gasteiger partial charge in [-0.1, -0.05) is 35.5 Å². The van der Waals surface area contributed by atoms with Crippen molar-refractivity contribution in [2.45, 2.75) is 20.8 Å². The summed E-state index contributed by atoms with van der Waals surface area (Å²) in [6.45, 7) is 5.69. The van der Waals surface area contributed by atoms with Crippen LogP contribution < -0.4 is 0 Å². The van der Waals surface area contributed by atoms with Crippen LogP contribution in [0.4, 0.5) is 5.69 Å². The average molecular weight is 395 g/mol. The van der Waals surface area contributed by atoms with Crippen LogP contribution in [-0.2, 0) is 9.53 Å². The second kappa shape index (κ2) is 8.35. The van der Waals surface area contributed by atoms with E-state index in [1.165, 1.54) is 11.8 Å². The normalized spacial score (nSPS) is 16.8. The van der Waals surface area contributed by atoms with Crippen LogP contribution in [-0.4, -0.2) is 27.8 Å². The van der Waals surface area contributed by atoms with E-state index in [1.807, 2.05) is 31.2 Å². The molecule has 144 valence electrons. The molecule has 0 saturated carbocycles. The first-order chi connectivity index (χ1) is 13.4. The number of aliphatic imine (C=N–C) groups is 1. The van der Waals surface area contributed by atoms with Gasteiger partial charge in [-0.2, -0.15) is 0 Å². The summed E-state index contributed by atoms with van der Waals surface area (Å²) in [5.41, 5.74) is 3.37. The molecule has 0 unspecified atom stereocenters. The van der Waals surface area contributed by atoms with Crippen LogP contribution in [0.2, 0.25) is 0 Å². The van der Waals surface area contributed by atoms with Gasteiger partial charge in [-0.25, -0.2) is 9.79 Å². The summed E-state index contributed by atoms with van der Waals surface area (Å²) in [6.07, 6.45) is 1.75. The van der Waals surface area contributed by atoms with Crippen LogP contribution in [0, 0.1) is 13.8 Å². The van der Waals surface area contributed by atoms with Crippen molar-refractivity contribution in [3.8, 4) is 5.75 Å². The maximum Gasteiger partial charge on any atom is 0.344 e. The fourth-order valence-corrected chi connectivity index (χ4v) is 3.68. The Bertz CT molecular complexity index is 1000. The molecule has 0 spiro atoms. The molecule has 2 aromatic rings. The summed E-state index contributed by atoms with van der Waals surface area (Å²) in [7, 11) is 0. The molecule has 2 N–H and O–H groups in total.